The second-order valence-electron chi connectivity index (χ2n) is 4.87. The summed E-state index contributed by atoms with van der Waals surface area (Å²) in [7, 11) is 0. The number of aromatic amines is 1. The number of halogens is 1. The van der Waals surface area contributed by atoms with Crippen molar-refractivity contribution in [1.82, 2.24) is 10.3 Å². The molecule has 0 saturated heterocycles. The van der Waals surface area contributed by atoms with Gasteiger partial charge < -0.3 is 10.3 Å². The quantitative estimate of drug-likeness (QED) is 0.848. The molecule has 0 amide bonds. The number of fused-ring (bicyclic) bond motifs is 1. The van der Waals surface area contributed by atoms with E-state index < -0.39 is 0 Å². The molecule has 0 bridgehead atoms. The van der Waals surface area contributed by atoms with Crippen LogP contribution in [-0.2, 0) is 6.54 Å². The predicted molar refractivity (Wildman–Crippen MR) is 72.4 cm³/mol. The molecule has 0 atom stereocenters. The number of H-pyrrole nitrogens is 1. The Bertz CT molecular complexity index is 512. The second-order valence-corrected chi connectivity index (χ2v) is 5.30. The highest BCUT2D eigenvalue weighted by Crippen LogP contribution is 2.23. The van der Waals surface area contributed by atoms with Gasteiger partial charge in [0.1, 0.15) is 0 Å². The SMILES string of the molecule is Clc1ccc2[nH]cc(CNC3CCCC3)c2c1. The van der Waals surface area contributed by atoms with Crippen molar-refractivity contribution in [3.8, 4) is 0 Å². The van der Waals surface area contributed by atoms with Crippen molar-refractivity contribution in [3.05, 3.63) is 35.0 Å². The molecular weight excluding hydrogens is 232 g/mol. The van der Waals surface area contributed by atoms with Crippen LogP contribution in [0.15, 0.2) is 24.4 Å². The Morgan fingerprint density at radius 1 is 1.29 bits per heavy atom. The molecular formula is C14H17ClN2. The molecule has 1 fully saturated rings. The van der Waals surface area contributed by atoms with Crippen molar-refractivity contribution in [1.29, 1.82) is 0 Å². The zero-order valence-corrected chi connectivity index (χ0v) is 10.6. The third-order valence-electron chi connectivity index (χ3n) is 3.67. The topological polar surface area (TPSA) is 27.8 Å². The molecule has 0 aliphatic heterocycles. The lowest BCUT2D eigenvalue weighted by Gasteiger charge is -2.10. The van der Waals surface area contributed by atoms with Gasteiger partial charge in [0.25, 0.3) is 0 Å². The van der Waals surface area contributed by atoms with E-state index in [9.17, 15) is 0 Å². The van der Waals surface area contributed by atoms with E-state index >= 15 is 0 Å². The minimum absolute atomic E-state index is 0.708. The van der Waals surface area contributed by atoms with Gasteiger partial charge in [-0.25, -0.2) is 0 Å². The van der Waals surface area contributed by atoms with Gasteiger partial charge in [-0.05, 0) is 36.6 Å². The predicted octanol–water partition coefficient (Wildman–Crippen LogP) is 3.85. The lowest BCUT2D eigenvalue weighted by atomic mass is 10.1. The first-order chi connectivity index (χ1) is 8.33. The summed E-state index contributed by atoms with van der Waals surface area (Å²) in [5, 5.41) is 5.68. The van der Waals surface area contributed by atoms with Gasteiger partial charge in [-0.3, -0.25) is 0 Å². The number of rotatable bonds is 3. The fourth-order valence-electron chi connectivity index (χ4n) is 2.68. The van der Waals surface area contributed by atoms with E-state index in [0.29, 0.717) is 6.04 Å². The highest BCUT2D eigenvalue weighted by atomic mass is 35.5. The second kappa shape index (κ2) is 4.71. The Hall–Kier alpha value is -0.990. The Kier molecular flexibility index (Phi) is 3.08. The Balaban J connectivity index is 1.77. The van der Waals surface area contributed by atoms with Crippen molar-refractivity contribution >= 4 is 22.5 Å². The molecule has 0 spiro atoms. The maximum Gasteiger partial charge on any atom is 0.0458 e. The molecule has 2 nitrogen and oxygen atoms in total. The van der Waals surface area contributed by atoms with Crippen LogP contribution in [0.1, 0.15) is 31.2 Å². The normalized spacial score (nSPS) is 17.0. The van der Waals surface area contributed by atoms with Gasteiger partial charge in [0.2, 0.25) is 0 Å². The summed E-state index contributed by atoms with van der Waals surface area (Å²) in [6, 6.07) is 6.71. The maximum atomic E-state index is 6.04. The average molecular weight is 249 g/mol. The van der Waals surface area contributed by atoms with Crippen molar-refractivity contribution in [2.75, 3.05) is 0 Å². The third-order valence-corrected chi connectivity index (χ3v) is 3.90. The summed E-state index contributed by atoms with van der Waals surface area (Å²) in [6.07, 6.45) is 7.48. The fourth-order valence-corrected chi connectivity index (χ4v) is 2.85. The fraction of sp³-hybridized carbons (Fsp3) is 0.429. The van der Waals surface area contributed by atoms with Crippen molar-refractivity contribution < 1.29 is 0 Å². The van der Waals surface area contributed by atoms with Crippen LogP contribution >= 0.6 is 11.6 Å². The first kappa shape index (κ1) is 11.1. The number of nitrogens with one attached hydrogen (secondary N) is 2. The summed E-state index contributed by atoms with van der Waals surface area (Å²) in [5.74, 6) is 0. The molecule has 0 unspecified atom stereocenters. The molecule has 90 valence electrons. The van der Waals surface area contributed by atoms with E-state index in [4.69, 9.17) is 11.6 Å². The molecule has 17 heavy (non-hydrogen) atoms. The number of benzene rings is 1. The smallest absolute Gasteiger partial charge is 0.0458 e. The number of aromatic nitrogens is 1. The van der Waals surface area contributed by atoms with Crippen LogP contribution in [0.25, 0.3) is 10.9 Å². The van der Waals surface area contributed by atoms with Crippen LogP contribution in [0, 0.1) is 0 Å². The van der Waals surface area contributed by atoms with E-state index in [-0.39, 0.29) is 0 Å². The van der Waals surface area contributed by atoms with E-state index in [2.05, 4.69) is 16.5 Å². The molecule has 1 aromatic carbocycles. The average Bonchev–Trinajstić information content (AvgIpc) is 2.94. The zero-order valence-electron chi connectivity index (χ0n) is 9.80. The van der Waals surface area contributed by atoms with Crippen molar-refractivity contribution in [3.63, 3.8) is 0 Å². The lowest BCUT2D eigenvalue weighted by molar-refractivity contribution is 0.525. The van der Waals surface area contributed by atoms with Gasteiger partial charge in [-0.1, -0.05) is 24.4 Å². The third kappa shape index (κ3) is 2.33. The first-order valence-electron chi connectivity index (χ1n) is 6.32. The van der Waals surface area contributed by atoms with E-state index in [1.54, 1.807) is 0 Å². The largest absolute Gasteiger partial charge is 0.361 e. The molecule has 3 heteroatoms. The summed E-state index contributed by atoms with van der Waals surface area (Å²) in [6.45, 7) is 0.936. The summed E-state index contributed by atoms with van der Waals surface area (Å²) < 4.78 is 0. The Morgan fingerprint density at radius 2 is 2.12 bits per heavy atom. The van der Waals surface area contributed by atoms with Gasteiger partial charge in [0, 0.05) is 34.7 Å². The zero-order chi connectivity index (χ0) is 11.7. The molecule has 1 aromatic heterocycles. The van der Waals surface area contributed by atoms with Crippen LogP contribution < -0.4 is 5.32 Å². The molecule has 1 aliphatic rings. The monoisotopic (exact) mass is 248 g/mol. The van der Waals surface area contributed by atoms with Crippen LogP contribution in [0.4, 0.5) is 0 Å². The van der Waals surface area contributed by atoms with Crippen molar-refractivity contribution in [2.24, 2.45) is 0 Å². The van der Waals surface area contributed by atoms with E-state index in [1.165, 1.54) is 36.6 Å². The van der Waals surface area contributed by atoms with Crippen LogP contribution in [0.3, 0.4) is 0 Å². The first-order valence-corrected chi connectivity index (χ1v) is 6.69. The Labute approximate surface area is 106 Å². The van der Waals surface area contributed by atoms with Crippen LogP contribution in [0.2, 0.25) is 5.02 Å². The minimum Gasteiger partial charge on any atom is -0.361 e. The van der Waals surface area contributed by atoms with Crippen LogP contribution in [-0.4, -0.2) is 11.0 Å². The standard InChI is InChI=1S/C14H17ClN2/c15-11-5-6-14-13(7-11)10(9-17-14)8-16-12-3-1-2-4-12/h5-7,9,12,16-17H,1-4,8H2. The number of hydrogen-bond donors (Lipinski definition) is 2. The van der Waals surface area contributed by atoms with Gasteiger partial charge >= 0.3 is 0 Å². The highest BCUT2D eigenvalue weighted by Gasteiger charge is 2.14. The molecule has 0 radical (unpaired) electrons. The maximum absolute atomic E-state index is 6.04. The molecule has 3 rings (SSSR count). The van der Waals surface area contributed by atoms with Gasteiger partial charge in [-0.2, -0.15) is 0 Å². The lowest BCUT2D eigenvalue weighted by Crippen LogP contribution is -2.25. The highest BCUT2D eigenvalue weighted by molar-refractivity contribution is 6.31. The van der Waals surface area contributed by atoms with Crippen molar-refractivity contribution in [2.45, 2.75) is 38.3 Å². The van der Waals surface area contributed by atoms with Crippen LogP contribution in [0.5, 0.6) is 0 Å². The molecule has 2 aromatic rings. The minimum atomic E-state index is 0.708. The molecule has 2 N–H and O–H groups in total. The number of hydrogen-bond acceptors (Lipinski definition) is 1. The van der Waals surface area contributed by atoms with E-state index in [1.807, 2.05) is 18.2 Å². The Morgan fingerprint density at radius 3 is 2.94 bits per heavy atom. The molecule has 1 saturated carbocycles. The van der Waals surface area contributed by atoms with Gasteiger partial charge in [0.05, 0.1) is 0 Å². The van der Waals surface area contributed by atoms with Gasteiger partial charge in [0.15, 0.2) is 0 Å². The summed E-state index contributed by atoms with van der Waals surface area (Å²) >= 11 is 6.04. The molecule has 1 aliphatic carbocycles. The summed E-state index contributed by atoms with van der Waals surface area (Å²) in [5.41, 5.74) is 2.48. The van der Waals surface area contributed by atoms with E-state index in [0.717, 1.165) is 17.1 Å². The summed E-state index contributed by atoms with van der Waals surface area (Å²) in [4.78, 5) is 3.29. The molecule has 1 heterocycles. The van der Waals surface area contributed by atoms with Gasteiger partial charge in [-0.15, -0.1) is 0 Å².